The standard InChI is InChI=1S/C18H13BrClN3OS/c1-2-9-23-17(24)15(11-12-5-3-6-13(19)10-12)25-18(23)22-14-7-4-8-21-16(14)20/h2-8,10-11H,1,9H2/b15-11-,22-18?. The van der Waals surface area contributed by atoms with Crippen molar-refractivity contribution in [1.82, 2.24) is 9.88 Å². The third-order valence-electron chi connectivity index (χ3n) is 3.30. The van der Waals surface area contributed by atoms with Crippen LogP contribution in [0.5, 0.6) is 0 Å². The summed E-state index contributed by atoms with van der Waals surface area (Å²) in [4.78, 5) is 23.4. The summed E-state index contributed by atoms with van der Waals surface area (Å²) in [5, 5.41) is 0.854. The number of rotatable bonds is 4. The van der Waals surface area contributed by atoms with E-state index in [2.05, 4.69) is 32.5 Å². The average Bonchev–Trinajstić information content (AvgIpc) is 2.86. The number of nitrogens with zero attached hydrogens (tertiary/aromatic N) is 3. The Balaban J connectivity index is 1.98. The number of amidine groups is 1. The molecule has 2 aromatic rings. The summed E-state index contributed by atoms with van der Waals surface area (Å²) in [7, 11) is 0. The minimum Gasteiger partial charge on any atom is -0.283 e. The lowest BCUT2D eigenvalue weighted by Gasteiger charge is -2.12. The third-order valence-corrected chi connectivity index (χ3v) is 5.09. The Labute approximate surface area is 163 Å². The van der Waals surface area contributed by atoms with Crippen LogP contribution in [0.1, 0.15) is 5.56 Å². The number of aromatic nitrogens is 1. The van der Waals surface area contributed by atoms with E-state index in [4.69, 9.17) is 11.6 Å². The van der Waals surface area contributed by atoms with Crippen LogP contribution in [0.3, 0.4) is 0 Å². The van der Waals surface area contributed by atoms with Gasteiger partial charge < -0.3 is 0 Å². The highest BCUT2D eigenvalue weighted by Crippen LogP contribution is 2.35. The number of aliphatic imine (C=N–C) groups is 1. The number of benzene rings is 1. The van der Waals surface area contributed by atoms with Gasteiger partial charge in [0.05, 0.1) is 4.91 Å². The normalized spacial score (nSPS) is 17.5. The quantitative estimate of drug-likeness (QED) is 0.373. The summed E-state index contributed by atoms with van der Waals surface area (Å²) < 4.78 is 0.955. The minimum absolute atomic E-state index is 0.108. The van der Waals surface area contributed by atoms with E-state index < -0.39 is 0 Å². The van der Waals surface area contributed by atoms with Gasteiger partial charge in [-0.3, -0.25) is 9.69 Å². The second-order valence-corrected chi connectivity index (χ2v) is 7.36. The van der Waals surface area contributed by atoms with Gasteiger partial charge in [0.1, 0.15) is 5.69 Å². The molecule has 0 N–H and O–H groups in total. The molecular formula is C18H13BrClN3OS. The summed E-state index contributed by atoms with van der Waals surface area (Å²) in [5.41, 5.74) is 1.46. The number of carbonyl (C=O) groups is 1. The fraction of sp³-hybridized carbons (Fsp3) is 0.0556. The zero-order valence-electron chi connectivity index (χ0n) is 13.0. The van der Waals surface area contributed by atoms with Gasteiger partial charge in [0.15, 0.2) is 10.3 Å². The molecule has 2 heterocycles. The Morgan fingerprint density at radius 3 is 2.92 bits per heavy atom. The van der Waals surface area contributed by atoms with Crippen LogP contribution < -0.4 is 0 Å². The number of amides is 1. The van der Waals surface area contributed by atoms with Crippen LogP contribution in [0.4, 0.5) is 5.69 Å². The van der Waals surface area contributed by atoms with Crippen LogP contribution in [0.15, 0.2) is 69.6 Å². The Kier molecular flexibility index (Phi) is 5.73. The molecule has 126 valence electrons. The molecule has 1 saturated heterocycles. The molecular weight excluding hydrogens is 422 g/mol. The molecule has 0 spiro atoms. The van der Waals surface area contributed by atoms with Crippen molar-refractivity contribution in [3.63, 3.8) is 0 Å². The van der Waals surface area contributed by atoms with Crippen LogP contribution in [-0.4, -0.2) is 27.5 Å². The van der Waals surface area contributed by atoms with Gasteiger partial charge in [0, 0.05) is 17.2 Å². The van der Waals surface area contributed by atoms with Crippen molar-refractivity contribution in [2.24, 2.45) is 4.99 Å². The van der Waals surface area contributed by atoms with Crippen LogP contribution >= 0.6 is 39.3 Å². The van der Waals surface area contributed by atoms with Gasteiger partial charge in [-0.1, -0.05) is 45.7 Å². The highest BCUT2D eigenvalue weighted by molar-refractivity contribution is 9.10. The van der Waals surface area contributed by atoms with E-state index in [1.54, 1.807) is 29.3 Å². The van der Waals surface area contributed by atoms with Crippen LogP contribution in [-0.2, 0) is 4.79 Å². The summed E-state index contributed by atoms with van der Waals surface area (Å²) in [6.07, 6.45) is 5.11. The van der Waals surface area contributed by atoms with Crippen LogP contribution in [0, 0.1) is 0 Å². The maximum atomic E-state index is 12.7. The molecule has 0 unspecified atom stereocenters. The Hall–Kier alpha value is -1.89. The van der Waals surface area contributed by atoms with Crippen molar-refractivity contribution < 1.29 is 4.79 Å². The molecule has 7 heteroatoms. The average molecular weight is 435 g/mol. The first-order chi connectivity index (χ1) is 12.1. The largest absolute Gasteiger partial charge is 0.283 e. The van der Waals surface area contributed by atoms with Gasteiger partial charge in [-0.25, -0.2) is 9.98 Å². The molecule has 0 atom stereocenters. The van der Waals surface area contributed by atoms with E-state index in [1.807, 2.05) is 30.3 Å². The first-order valence-electron chi connectivity index (χ1n) is 7.35. The lowest BCUT2D eigenvalue weighted by atomic mass is 10.2. The fourth-order valence-corrected chi connectivity index (χ4v) is 3.77. The predicted octanol–water partition coefficient (Wildman–Crippen LogP) is 5.29. The highest BCUT2D eigenvalue weighted by Gasteiger charge is 2.32. The SMILES string of the molecule is C=CCN1C(=O)/C(=C/c2cccc(Br)c2)SC1=Nc1cccnc1Cl. The van der Waals surface area contributed by atoms with Gasteiger partial charge in [-0.05, 0) is 47.7 Å². The van der Waals surface area contributed by atoms with E-state index >= 15 is 0 Å². The van der Waals surface area contributed by atoms with Gasteiger partial charge in [0.2, 0.25) is 0 Å². The van der Waals surface area contributed by atoms with Gasteiger partial charge in [-0.15, -0.1) is 6.58 Å². The van der Waals surface area contributed by atoms with Crippen molar-refractivity contribution in [1.29, 1.82) is 0 Å². The number of hydrogen-bond donors (Lipinski definition) is 0. The smallest absolute Gasteiger partial charge is 0.267 e. The lowest BCUT2D eigenvalue weighted by Crippen LogP contribution is -2.29. The fourth-order valence-electron chi connectivity index (χ4n) is 2.19. The van der Waals surface area contributed by atoms with Gasteiger partial charge >= 0.3 is 0 Å². The van der Waals surface area contributed by atoms with E-state index in [-0.39, 0.29) is 5.91 Å². The van der Waals surface area contributed by atoms with E-state index in [0.717, 1.165) is 10.0 Å². The predicted molar refractivity (Wildman–Crippen MR) is 108 cm³/mol. The number of hydrogen-bond acceptors (Lipinski definition) is 4. The zero-order valence-corrected chi connectivity index (χ0v) is 16.2. The molecule has 4 nitrogen and oxygen atoms in total. The molecule has 1 aliphatic heterocycles. The van der Waals surface area contributed by atoms with Crippen molar-refractivity contribution >= 4 is 62.1 Å². The molecule has 1 fully saturated rings. The molecule has 0 saturated carbocycles. The number of halogens is 2. The Bertz CT molecular complexity index is 897. The Morgan fingerprint density at radius 1 is 1.36 bits per heavy atom. The molecule has 1 aromatic carbocycles. The van der Waals surface area contributed by atoms with E-state index in [1.165, 1.54) is 11.8 Å². The van der Waals surface area contributed by atoms with Crippen LogP contribution in [0.2, 0.25) is 5.15 Å². The topological polar surface area (TPSA) is 45.6 Å². The highest BCUT2D eigenvalue weighted by atomic mass is 79.9. The summed E-state index contributed by atoms with van der Waals surface area (Å²) >= 11 is 10.8. The maximum absolute atomic E-state index is 12.7. The van der Waals surface area contributed by atoms with Crippen molar-refractivity contribution in [3.8, 4) is 0 Å². The maximum Gasteiger partial charge on any atom is 0.267 e. The first-order valence-corrected chi connectivity index (χ1v) is 9.34. The number of carbonyl (C=O) groups excluding carboxylic acids is 1. The zero-order chi connectivity index (χ0) is 17.8. The van der Waals surface area contributed by atoms with Crippen LogP contribution in [0.25, 0.3) is 6.08 Å². The number of pyridine rings is 1. The van der Waals surface area contributed by atoms with Gasteiger partial charge in [0.25, 0.3) is 5.91 Å². The first kappa shape index (κ1) is 17.9. The van der Waals surface area contributed by atoms with Crippen molar-refractivity contribution in [2.75, 3.05) is 6.54 Å². The second kappa shape index (κ2) is 7.99. The molecule has 0 bridgehead atoms. The van der Waals surface area contributed by atoms with Gasteiger partial charge in [-0.2, -0.15) is 0 Å². The molecule has 1 amide bonds. The summed E-state index contributed by atoms with van der Waals surface area (Å²) in [6, 6.07) is 11.3. The molecule has 0 radical (unpaired) electrons. The van der Waals surface area contributed by atoms with Crippen molar-refractivity contribution in [2.45, 2.75) is 0 Å². The molecule has 0 aliphatic carbocycles. The molecule has 25 heavy (non-hydrogen) atoms. The Morgan fingerprint density at radius 2 is 2.20 bits per heavy atom. The summed E-state index contributed by atoms with van der Waals surface area (Å²) in [5.74, 6) is -0.108. The van der Waals surface area contributed by atoms with Crippen molar-refractivity contribution in [3.05, 3.63) is 75.3 Å². The van der Waals surface area contributed by atoms with E-state index in [0.29, 0.717) is 27.5 Å². The molecule has 1 aromatic heterocycles. The second-order valence-electron chi connectivity index (χ2n) is 5.08. The lowest BCUT2D eigenvalue weighted by molar-refractivity contribution is -0.121. The number of thioether (sulfide) groups is 1. The molecule has 1 aliphatic rings. The van der Waals surface area contributed by atoms with E-state index in [9.17, 15) is 4.79 Å². The monoisotopic (exact) mass is 433 g/mol. The third kappa shape index (κ3) is 4.21. The molecule has 3 rings (SSSR count). The minimum atomic E-state index is -0.108. The summed E-state index contributed by atoms with van der Waals surface area (Å²) in [6.45, 7) is 4.09.